The molecule has 3 aromatic carbocycles. The average Bonchev–Trinajstić information content (AvgIpc) is 3.29. The summed E-state index contributed by atoms with van der Waals surface area (Å²) in [5, 5.41) is 11.6. The maximum atomic E-state index is 13.4. The lowest BCUT2D eigenvalue weighted by atomic mass is 9.78. The summed E-state index contributed by atoms with van der Waals surface area (Å²) in [6.07, 6.45) is 4.48. The minimum atomic E-state index is -0.777. The quantitative estimate of drug-likeness (QED) is 0.0567. The normalized spacial score (nSPS) is 19.1. The number of ether oxygens (including phenoxy) is 1. The summed E-state index contributed by atoms with van der Waals surface area (Å²) in [6, 6.07) is 17.4. The fraction of sp³-hybridized carbons (Fsp3) is 0.206. The van der Waals surface area contributed by atoms with Crippen LogP contribution in [0.5, 0.6) is 0 Å². The minimum absolute atomic E-state index is 0.0185. The fourth-order valence-corrected chi connectivity index (χ4v) is 6.14. The second-order valence-electron chi connectivity index (χ2n) is 11.2. The average molecular weight is 624 g/mol. The number of rotatable bonds is 7. The monoisotopic (exact) mass is 623 g/mol. The van der Waals surface area contributed by atoms with E-state index >= 15 is 0 Å². The lowest BCUT2D eigenvalue weighted by Crippen LogP contribution is -2.31. The molecule has 4 aromatic rings. The van der Waals surface area contributed by atoms with Crippen LogP contribution in [0.25, 0.3) is 22.2 Å². The van der Waals surface area contributed by atoms with E-state index in [1.165, 1.54) is 17.0 Å². The number of esters is 1. The summed E-state index contributed by atoms with van der Waals surface area (Å²) < 4.78 is 5.37. The summed E-state index contributed by atoms with van der Waals surface area (Å²) in [6.45, 7) is 3.16. The van der Waals surface area contributed by atoms with Gasteiger partial charge >= 0.3 is 5.97 Å². The number of aromatic nitrogens is 1. The van der Waals surface area contributed by atoms with E-state index in [-0.39, 0.29) is 45.7 Å². The first-order chi connectivity index (χ1) is 21.5. The van der Waals surface area contributed by atoms with Gasteiger partial charge in [-0.2, -0.15) is 0 Å². The Morgan fingerprint density at radius 2 is 1.80 bits per heavy atom. The molecule has 0 spiro atoms. The van der Waals surface area contributed by atoms with Gasteiger partial charge in [-0.15, -0.1) is 0 Å². The number of amides is 2. The van der Waals surface area contributed by atoms with Crippen LogP contribution in [-0.4, -0.2) is 40.1 Å². The van der Waals surface area contributed by atoms with Gasteiger partial charge in [0.05, 0.1) is 39.2 Å². The Morgan fingerprint density at radius 1 is 1.04 bits per heavy atom. The highest BCUT2D eigenvalue weighted by Crippen LogP contribution is 2.41. The molecule has 1 saturated heterocycles. The number of hydrogen-bond donors (Lipinski definition) is 0. The van der Waals surface area contributed by atoms with Gasteiger partial charge in [-0.3, -0.25) is 29.4 Å². The van der Waals surface area contributed by atoms with Crippen molar-refractivity contribution in [3.63, 3.8) is 0 Å². The molecule has 2 amide bonds. The Kier molecular flexibility index (Phi) is 7.76. The Labute approximate surface area is 262 Å². The standard InChI is InChI=1S/C34H26ClN3O7/c1-18-6-13-27-24(14-18)25(34(42)45-17-30(39)21-9-12-26(35)29(15-21)38(43)44)16-28(36-27)20-7-10-22(11-8-20)37-32(40)23-5-3-4-19(2)31(23)33(37)41/h3-4,6-16,19,23,31H,5,17H2,1-2H3. The maximum Gasteiger partial charge on any atom is 0.339 e. The van der Waals surface area contributed by atoms with Crippen LogP contribution in [0.3, 0.4) is 0 Å². The first kappa shape index (κ1) is 29.8. The lowest BCUT2D eigenvalue weighted by molar-refractivity contribution is -0.384. The number of nitrogens with zero attached hydrogens (tertiary/aromatic N) is 3. The number of imide groups is 1. The molecule has 1 aliphatic heterocycles. The molecular formula is C34H26ClN3O7. The van der Waals surface area contributed by atoms with Gasteiger partial charge in [0, 0.05) is 22.6 Å². The van der Waals surface area contributed by atoms with Crippen molar-refractivity contribution in [2.24, 2.45) is 17.8 Å². The summed E-state index contributed by atoms with van der Waals surface area (Å²) in [4.78, 5) is 69.0. The van der Waals surface area contributed by atoms with E-state index in [2.05, 4.69) is 0 Å². The highest BCUT2D eigenvalue weighted by atomic mass is 35.5. The number of aryl methyl sites for hydroxylation is 1. The third kappa shape index (κ3) is 5.49. The third-order valence-electron chi connectivity index (χ3n) is 8.28. The number of hydrogen-bond acceptors (Lipinski definition) is 8. The molecule has 0 N–H and O–H groups in total. The molecule has 2 heterocycles. The predicted molar refractivity (Wildman–Crippen MR) is 167 cm³/mol. The van der Waals surface area contributed by atoms with Gasteiger partial charge < -0.3 is 4.74 Å². The van der Waals surface area contributed by atoms with E-state index in [0.717, 1.165) is 11.6 Å². The summed E-state index contributed by atoms with van der Waals surface area (Å²) in [7, 11) is 0. The van der Waals surface area contributed by atoms with Crippen LogP contribution >= 0.6 is 11.6 Å². The number of nitro groups is 1. The van der Waals surface area contributed by atoms with Crippen molar-refractivity contribution < 1.29 is 28.8 Å². The molecular weight excluding hydrogens is 598 g/mol. The molecule has 3 atom stereocenters. The smallest absolute Gasteiger partial charge is 0.339 e. The molecule has 1 aromatic heterocycles. The predicted octanol–water partition coefficient (Wildman–Crippen LogP) is 6.51. The number of fused-ring (bicyclic) bond motifs is 2. The van der Waals surface area contributed by atoms with Crippen molar-refractivity contribution in [3.8, 4) is 11.3 Å². The van der Waals surface area contributed by atoms with Gasteiger partial charge in [-0.1, -0.05) is 54.4 Å². The first-order valence-corrected chi connectivity index (χ1v) is 14.6. The Morgan fingerprint density at radius 3 is 2.51 bits per heavy atom. The Bertz CT molecular complexity index is 1950. The van der Waals surface area contributed by atoms with E-state index in [4.69, 9.17) is 21.3 Å². The molecule has 1 aliphatic carbocycles. The fourth-order valence-electron chi connectivity index (χ4n) is 5.96. The summed E-state index contributed by atoms with van der Waals surface area (Å²) in [5.74, 6) is -2.58. The van der Waals surface area contributed by atoms with Crippen molar-refractivity contribution in [1.82, 2.24) is 4.98 Å². The highest BCUT2D eigenvalue weighted by Gasteiger charge is 2.50. The number of anilines is 1. The number of allylic oxidation sites excluding steroid dienone is 2. The second-order valence-corrected chi connectivity index (χ2v) is 11.6. The van der Waals surface area contributed by atoms with Gasteiger partial charge in [0.2, 0.25) is 17.6 Å². The Balaban J connectivity index is 1.27. The minimum Gasteiger partial charge on any atom is -0.454 e. The highest BCUT2D eigenvalue weighted by molar-refractivity contribution is 6.32. The van der Waals surface area contributed by atoms with Gasteiger partial charge in [0.25, 0.3) is 5.69 Å². The molecule has 2 aliphatic rings. The maximum absolute atomic E-state index is 13.4. The van der Waals surface area contributed by atoms with Crippen LogP contribution in [0.15, 0.2) is 78.9 Å². The molecule has 6 rings (SSSR count). The number of benzene rings is 3. The molecule has 3 unspecified atom stereocenters. The first-order valence-electron chi connectivity index (χ1n) is 14.2. The number of carbonyl (C=O) groups is 4. The van der Waals surface area contributed by atoms with Crippen LogP contribution in [0, 0.1) is 34.8 Å². The zero-order chi connectivity index (χ0) is 32.0. The lowest BCUT2D eigenvalue weighted by Gasteiger charge is -2.22. The zero-order valence-corrected chi connectivity index (χ0v) is 25.0. The summed E-state index contributed by atoms with van der Waals surface area (Å²) >= 11 is 5.84. The van der Waals surface area contributed by atoms with Crippen molar-refractivity contribution in [1.29, 1.82) is 0 Å². The zero-order valence-electron chi connectivity index (χ0n) is 24.2. The number of halogens is 1. The molecule has 0 radical (unpaired) electrons. The summed E-state index contributed by atoms with van der Waals surface area (Å²) in [5.41, 5.74) is 2.66. The van der Waals surface area contributed by atoms with E-state index in [1.54, 1.807) is 42.5 Å². The number of nitro benzene ring substituents is 1. The Hall–Kier alpha value is -5.22. The molecule has 0 bridgehead atoms. The van der Waals surface area contributed by atoms with Gasteiger partial charge in [-0.25, -0.2) is 9.78 Å². The van der Waals surface area contributed by atoms with Crippen LogP contribution < -0.4 is 4.90 Å². The van der Waals surface area contributed by atoms with Crippen molar-refractivity contribution in [3.05, 3.63) is 111 Å². The van der Waals surface area contributed by atoms with Crippen LogP contribution in [0.4, 0.5) is 11.4 Å². The van der Waals surface area contributed by atoms with Crippen LogP contribution in [0.1, 0.15) is 39.6 Å². The van der Waals surface area contributed by atoms with Crippen molar-refractivity contribution >= 4 is 57.4 Å². The largest absolute Gasteiger partial charge is 0.454 e. The molecule has 1 fully saturated rings. The number of ketones is 1. The molecule has 10 nitrogen and oxygen atoms in total. The van der Waals surface area contributed by atoms with Gasteiger partial charge in [0.15, 0.2) is 6.61 Å². The van der Waals surface area contributed by atoms with E-state index in [1.807, 2.05) is 32.1 Å². The van der Waals surface area contributed by atoms with Crippen molar-refractivity contribution in [2.45, 2.75) is 20.3 Å². The second kappa shape index (κ2) is 11.7. The molecule has 11 heteroatoms. The van der Waals surface area contributed by atoms with E-state index in [0.29, 0.717) is 34.3 Å². The van der Waals surface area contributed by atoms with Crippen LogP contribution in [-0.2, 0) is 14.3 Å². The number of Topliss-reactive ketones (excluding diaryl/α,β-unsaturated/α-hetero) is 1. The van der Waals surface area contributed by atoms with Gasteiger partial charge in [-0.05, 0) is 61.7 Å². The molecule has 226 valence electrons. The third-order valence-corrected chi connectivity index (χ3v) is 8.60. The van der Waals surface area contributed by atoms with Crippen LogP contribution in [0.2, 0.25) is 5.02 Å². The number of carbonyl (C=O) groups excluding carboxylic acids is 4. The van der Waals surface area contributed by atoms with E-state index < -0.39 is 29.0 Å². The number of pyridine rings is 1. The van der Waals surface area contributed by atoms with Gasteiger partial charge in [0.1, 0.15) is 5.02 Å². The molecule has 45 heavy (non-hydrogen) atoms. The van der Waals surface area contributed by atoms with E-state index in [9.17, 15) is 29.3 Å². The SMILES string of the molecule is Cc1ccc2nc(-c3ccc(N4C(=O)C5CC=CC(C)C5C4=O)cc3)cc(C(=O)OCC(=O)c3ccc(Cl)c([N+](=O)[O-])c3)c2c1. The molecule has 0 saturated carbocycles. The topological polar surface area (TPSA) is 137 Å². The van der Waals surface area contributed by atoms with Crippen molar-refractivity contribution in [2.75, 3.05) is 11.5 Å².